The van der Waals surface area contributed by atoms with Crippen molar-refractivity contribution in [3.05, 3.63) is 28.3 Å². The molecular formula is C14H21N3S. The van der Waals surface area contributed by atoms with Crippen molar-refractivity contribution in [3.8, 4) is 11.3 Å². The van der Waals surface area contributed by atoms with Crippen molar-refractivity contribution in [2.45, 2.75) is 33.7 Å². The van der Waals surface area contributed by atoms with Gasteiger partial charge in [-0.25, -0.2) is 4.98 Å². The first-order valence-corrected chi connectivity index (χ1v) is 7.43. The highest BCUT2D eigenvalue weighted by Gasteiger charge is 2.07. The zero-order valence-electron chi connectivity index (χ0n) is 11.4. The van der Waals surface area contributed by atoms with Crippen molar-refractivity contribution in [1.29, 1.82) is 0 Å². The maximum Gasteiger partial charge on any atom is 0.0901 e. The number of hydrogen-bond acceptors (Lipinski definition) is 3. The summed E-state index contributed by atoms with van der Waals surface area (Å²) < 4.78 is 0. The maximum atomic E-state index is 4.51. The molecule has 0 aliphatic rings. The number of thiazole rings is 1. The molecule has 98 valence electrons. The van der Waals surface area contributed by atoms with Crippen LogP contribution in [0.3, 0.4) is 0 Å². The fourth-order valence-electron chi connectivity index (χ4n) is 2.08. The molecular weight excluding hydrogens is 242 g/mol. The third kappa shape index (κ3) is 3.21. The minimum Gasteiger partial charge on any atom is -0.363 e. The fourth-order valence-corrected chi connectivity index (χ4v) is 2.70. The summed E-state index contributed by atoms with van der Waals surface area (Å²) in [6.45, 7) is 9.72. The lowest BCUT2D eigenvalue weighted by atomic mass is 10.2. The zero-order chi connectivity index (χ0) is 13.0. The van der Waals surface area contributed by atoms with Gasteiger partial charge in [0.15, 0.2) is 0 Å². The molecule has 3 nitrogen and oxygen atoms in total. The summed E-state index contributed by atoms with van der Waals surface area (Å²) in [5.41, 5.74) is 3.55. The number of hydrogen-bond donors (Lipinski definition) is 1. The Balaban J connectivity index is 2.06. The Morgan fingerprint density at radius 2 is 2.22 bits per heavy atom. The first-order chi connectivity index (χ1) is 8.72. The van der Waals surface area contributed by atoms with E-state index in [1.54, 1.807) is 11.3 Å². The summed E-state index contributed by atoms with van der Waals surface area (Å²) in [6, 6.07) is 2.22. The number of H-pyrrole nitrogens is 1. The Hall–Kier alpha value is -1.13. The van der Waals surface area contributed by atoms with Crippen LogP contribution in [0.2, 0.25) is 0 Å². The molecule has 0 fully saturated rings. The molecule has 2 heterocycles. The Morgan fingerprint density at radius 1 is 1.39 bits per heavy atom. The normalized spacial score (nSPS) is 11.3. The number of rotatable bonds is 6. The Kier molecular flexibility index (Phi) is 4.55. The molecule has 4 heteroatoms. The van der Waals surface area contributed by atoms with Gasteiger partial charge >= 0.3 is 0 Å². The number of aryl methyl sites for hydroxylation is 1. The van der Waals surface area contributed by atoms with E-state index in [0.29, 0.717) is 0 Å². The average Bonchev–Trinajstić information content (AvgIpc) is 2.97. The van der Waals surface area contributed by atoms with Gasteiger partial charge in [-0.15, -0.1) is 11.3 Å². The van der Waals surface area contributed by atoms with E-state index in [-0.39, 0.29) is 0 Å². The minimum absolute atomic E-state index is 0.994. The lowest BCUT2D eigenvalue weighted by Gasteiger charge is -2.18. The molecule has 0 saturated heterocycles. The van der Waals surface area contributed by atoms with Gasteiger partial charge in [-0.2, -0.15) is 0 Å². The predicted octanol–water partition coefficient (Wildman–Crippen LogP) is 3.68. The number of aromatic nitrogens is 2. The molecule has 2 rings (SSSR count). The van der Waals surface area contributed by atoms with E-state index in [4.69, 9.17) is 0 Å². The highest BCUT2D eigenvalue weighted by atomic mass is 32.1. The summed E-state index contributed by atoms with van der Waals surface area (Å²) in [5.74, 6) is 0. The molecule has 0 atom stereocenters. The molecule has 0 radical (unpaired) electrons. The average molecular weight is 263 g/mol. The van der Waals surface area contributed by atoms with Crippen LogP contribution in [0.5, 0.6) is 0 Å². The highest BCUT2D eigenvalue weighted by molar-refractivity contribution is 7.09. The van der Waals surface area contributed by atoms with Gasteiger partial charge in [-0.05, 0) is 32.5 Å². The van der Waals surface area contributed by atoms with Crippen LogP contribution in [-0.2, 0) is 6.54 Å². The molecule has 0 saturated carbocycles. The summed E-state index contributed by atoms with van der Waals surface area (Å²) >= 11 is 1.70. The van der Waals surface area contributed by atoms with E-state index >= 15 is 0 Å². The molecule has 0 aromatic carbocycles. The lowest BCUT2D eigenvalue weighted by Crippen LogP contribution is -2.23. The fraction of sp³-hybridized carbons (Fsp3) is 0.500. The van der Waals surface area contributed by atoms with Crippen LogP contribution < -0.4 is 0 Å². The second kappa shape index (κ2) is 6.16. The monoisotopic (exact) mass is 263 g/mol. The molecule has 0 spiro atoms. The van der Waals surface area contributed by atoms with E-state index in [2.05, 4.69) is 46.4 Å². The number of aromatic amines is 1. The zero-order valence-corrected chi connectivity index (χ0v) is 12.2. The topological polar surface area (TPSA) is 31.9 Å². The molecule has 2 aromatic rings. The van der Waals surface area contributed by atoms with Gasteiger partial charge in [0.25, 0.3) is 0 Å². The molecule has 0 unspecified atom stereocenters. The summed E-state index contributed by atoms with van der Waals surface area (Å²) in [6.07, 6.45) is 3.26. The number of nitrogens with one attached hydrogen (secondary N) is 1. The Labute approximate surface area is 113 Å². The summed E-state index contributed by atoms with van der Waals surface area (Å²) in [4.78, 5) is 10.3. The summed E-state index contributed by atoms with van der Waals surface area (Å²) in [5, 5.41) is 3.24. The molecule has 0 amide bonds. The van der Waals surface area contributed by atoms with Crippen LogP contribution in [0.1, 0.15) is 31.0 Å². The van der Waals surface area contributed by atoms with E-state index in [0.717, 1.165) is 30.3 Å². The van der Waals surface area contributed by atoms with E-state index < -0.39 is 0 Å². The van der Waals surface area contributed by atoms with Gasteiger partial charge in [0, 0.05) is 29.4 Å². The Morgan fingerprint density at radius 3 is 2.83 bits per heavy atom. The molecule has 0 aliphatic carbocycles. The molecule has 18 heavy (non-hydrogen) atoms. The van der Waals surface area contributed by atoms with Gasteiger partial charge in [0.1, 0.15) is 0 Å². The van der Waals surface area contributed by atoms with Crippen LogP contribution in [0.4, 0.5) is 0 Å². The van der Waals surface area contributed by atoms with Crippen LogP contribution in [0.15, 0.2) is 17.6 Å². The van der Waals surface area contributed by atoms with Crippen LogP contribution in [0, 0.1) is 6.92 Å². The number of nitrogens with zero attached hydrogens (tertiary/aromatic N) is 2. The van der Waals surface area contributed by atoms with Crippen molar-refractivity contribution in [1.82, 2.24) is 14.9 Å². The molecule has 0 bridgehead atoms. The smallest absolute Gasteiger partial charge is 0.0901 e. The second-order valence-electron chi connectivity index (χ2n) is 4.53. The van der Waals surface area contributed by atoms with E-state index in [9.17, 15) is 0 Å². The SMILES string of the molecule is CCCN(CC)Cc1cc(-c2csc(C)n2)c[nH]1. The first-order valence-electron chi connectivity index (χ1n) is 6.55. The van der Waals surface area contributed by atoms with Crippen molar-refractivity contribution >= 4 is 11.3 Å². The standard InChI is InChI=1S/C14H21N3S/c1-4-6-17(5-2)9-13-7-12(8-15-13)14-10-18-11(3)16-14/h7-8,10,15H,4-6,9H2,1-3H3. The molecule has 0 aliphatic heterocycles. The van der Waals surface area contributed by atoms with Crippen LogP contribution in [-0.4, -0.2) is 28.0 Å². The van der Waals surface area contributed by atoms with Crippen molar-refractivity contribution in [2.75, 3.05) is 13.1 Å². The predicted molar refractivity (Wildman–Crippen MR) is 77.9 cm³/mol. The van der Waals surface area contributed by atoms with E-state index in [1.165, 1.54) is 17.7 Å². The van der Waals surface area contributed by atoms with Crippen molar-refractivity contribution < 1.29 is 0 Å². The van der Waals surface area contributed by atoms with Gasteiger partial charge in [0.05, 0.1) is 10.7 Å². The van der Waals surface area contributed by atoms with Gasteiger partial charge in [0.2, 0.25) is 0 Å². The van der Waals surface area contributed by atoms with Gasteiger partial charge in [-0.3, -0.25) is 4.90 Å². The third-order valence-corrected chi connectivity index (χ3v) is 3.81. The van der Waals surface area contributed by atoms with Gasteiger partial charge in [-0.1, -0.05) is 13.8 Å². The van der Waals surface area contributed by atoms with Crippen LogP contribution >= 0.6 is 11.3 Å². The molecule has 2 aromatic heterocycles. The highest BCUT2D eigenvalue weighted by Crippen LogP contribution is 2.22. The van der Waals surface area contributed by atoms with Crippen molar-refractivity contribution in [3.63, 3.8) is 0 Å². The maximum absolute atomic E-state index is 4.51. The van der Waals surface area contributed by atoms with Gasteiger partial charge < -0.3 is 4.98 Å². The van der Waals surface area contributed by atoms with Crippen LogP contribution in [0.25, 0.3) is 11.3 Å². The quantitative estimate of drug-likeness (QED) is 0.862. The van der Waals surface area contributed by atoms with Crippen molar-refractivity contribution in [2.24, 2.45) is 0 Å². The summed E-state index contributed by atoms with van der Waals surface area (Å²) in [7, 11) is 0. The minimum atomic E-state index is 0.994. The second-order valence-corrected chi connectivity index (χ2v) is 5.60. The van der Waals surface area contributed by atoms with E-state index in [1.807, 2.05) is 6.92 Å². The first kappa shape index (κ1) is 13.3. The lowest BCUT2D eigenvalue weighted by molar-refractivity contribution is 0.278. The molecule has 1 N–H and O–H groups in total. The largest absolute Gasteiger partial charge is 0.363 e. The third-order valence-electron chi connectivity index (χ3n) is 3.04. The Bertz CT molecular complexity index is 487.